The van der Waals surface area contributed by atoms with Crippen molar-refractivity contribution in [1.82, 2.24) is 9.97 Å². The number of hydrogen-bond donors (Lipinski definition) is 2. The normalized spacial score (nSPS) is 10.5. The van der Waals surface area contributed by atoms with E-state index in [1.54, 1.807) is 7.11 Å². The molecule has 0 saturated carbocycles. The third kappa shape index (κ3) is 6.25. The van der Waals surface area contributed by atoms with Gasteiger partial charge in [0.25, 0.3) is 0 Å². The Balaban J connectivity index is 1.56. The number of hydrogen-bond acceptors (Lipinski definition) is 6. The molecule has 0 fully saturated rings. The van der Waals surface area contributed by atoms with E-state index in [2.05, 4.69) is 20.6 Å². The molecule has 1 heterocycles. The molecule has 6 nitrogen and oxygen atoms in total. The summed E-state index contributed by atoms with van der Waals surface area (Å²) in [5.74, 6) is 3.09. The highest BCUT2D eigenvalue weighted by molar-refractivity contribution is 5.60. The summed E-state index contributed by atoms with van der Waals surface area (Å²) in [5.41, 5.74) is 2.09. The molecule has 0 aliphatic carbocycles. The van der Waals surface area contributed by atoms with Crippen LogP contribution in [0.5, 0.6) is 5.75 Å². The monoisotopic (exact) mass is 378 g/mol. The van der Waals surface area contributed by atoms with E-state index in [1.807, 2.05) is 67.6 Å². The summed E-state index contributed by atoms with van der Waals surface area (Å²) in [7, 11) is 1.70. The summed E-state index contributed by atoms with van der Waals surface area (Å²) in [6.45, 7) is 3.96. The molecule has 0 bridgehead atoms. The molecule has 0 amide bonds. The standard InChI is InChI=1S/C22H26N4O2/c1-17-24-21(23-13-6-14-27-2)15-22(25-17)26-19-9-11-20(12-10-19)28-16-18-7-4-3-5-8-18/h3-5,7-12,15H,6,13-14,16H2,1-2H3,(H2,23,24,25,26). The maximum Gasteiger partial charge on any atom is 0.136 e. The highest BCUT2D eigenvalue weighted by Crippen LogP contribution is 2.21. The van der Waals surface area contributed by atoms with Crippen LogP contribution in [0.25, 0.3) is 0 Å². The van der Waals surface area contributed by atoms with Crippen LogP contribution in [0.2, 0.25) is 0 Å². The van der Waals surface area contributed by atoms with Crippen LogP contribution >= 0.6 is 0 Å². The molecule has 0 spiro atoms. The fraction of sp³-hybridized carbons (Fsp3) is 0.273. The van der Waals surface area contributed by atoms with Crippen LogP contribution < -0.4 is 15.4 Å². The maximum absolute atomic E-state index is 5.83. The lowest BCUT2D eigenvalue weighted by Crippen LogP contribution is -2.08. The van der Waals surface area contributed by atoms with Crippen molar-refractivity contribution >= 4 is 17.3 Å². The van der Waals surface area contributed by atoms with Crippen molar-refractivity contribution < 1.29 is 9.47 Å². The number of aromatic nitrogens is 2. The molecule has 28 heavy (non-hydrogen) atoms. The van der Waals surface area contributed by atoms with E-state index in [-0.39, 0.29) is 0 Å². The highest BCUT2D eigenvalue weighted by atomic mass is 16.5. The summed E-state index contributed by atoms with van der Waals surface area (Å²) < 4.78 is 10.9. The summed E-state index contributed by atoms with van der Waals surface area (Å²) in [4.78, 5) is 8.87. The summed E-state index contributed by atoms with van der Waals surface area (Å²) in [6.07, 6.45) is 0.923. The molecule has 3 aromatic rings. The zero-order chi connectivity index (χ0) is 19.6. The first kappa shape index (κ1) is 19.6. The van der Waals surface area contributed by atoms with Gasteiger partial charge in [-0.3, -0.25) is 0 Å². The van der Waals surface area contributed by atoms with E-state index in [9.17, 15) is 0 Å². The Bertz CT molecular complexity index is 854. The lowest BCUT2D eigenvalue weighted by Gasteiger charge is -2.11. The van der Waals surface area contributed by atoms with Gasteiger partial charge in [0.2, 0.25) is 0 Å². The molecule has 1 aromatic heterocycles. The number of rotatable bonds is 10. The molecule has 6 heteroatoms. The SMILES string of the molecule is COCCCNc1cc(Nc2ccc(OCc3ccccc3)cc2)nc(C)n1. The third-order valence-corrected chi connectivity index (χ3v) is 4.04. The van der Waals surface area contributed by atoms with Gasteiger partial charge in [-0.15, -0.1) is 0 Å². The Hall–Kier alpha value is -3.12. The molecule has 3 rings (SSSR count). The molecule has 0 aliphatic heterocycles. The van der Waals surface area contributed by atoms with Crippen LogP contribution in [-0.2, 0) is 11.3 Å². The third-order valence-electron chi connectivity index (χ3n) is 4.04. The highest BCUT2D eigenvalue weighted by Gasteiger charge is 2.03. The molecule has 0 radical (unpaired) electrons. The molecular weight excluding hydrogens is 352 g/mol. The van der Waals surface area contributed by atoms with Gasteiger partial charge in [0, 0.05) is 32.0 Å². The van der Waals surface area contributed by atoms with Crippen molar-refractivity contribution in [3.63, 3.8) is 0 Å². The minimum atomic E-state index is 0.552. The van der Waals surface area contributed by atoms with E-state index >= 15 is 0 Å². The lowest BCUT2D eigenvalue weighted by molar-refractivity contribution is 0.198. The van der Waals surface area contributed by atoms with Crippen molar-refractivity contribution in [3.05, 3.63) is 72.1 Å². The van der Waals surface area contributed by atoms with Crippen molar-refractivity contribution in [3.8, 4) is 5.75 Å². The number of benzene rings is 2. The second-order valence-corrected chi connectivity index (χ2v) is 6.38. The Morgan fingerprint density at radius 1 is 0.929 bits per heavy atom. The quantitative estimate of drug-likeness (QED) is 0.504. The van der Waals surface area contributed by atoms with Crippen LogP contribution in [-0.4, -0.2) is 30.2 Å². The zero-order valence-electron chi connectivity index (χ0n) is 16.3. The number of nitrogens with zero attached hydrogens (tertiary/aromatic N) is 2. The van der Waals surface area contributed by atoms with Crippen molar-refractivity contribution in [2.75, 3.05) is 30.9 Å². The lowest BCUT2D eigenvalue weighted by atomic mass is 10.2. The van der Waals surface area contributed by atoms with Gasteiger partial charge in [-0.05, 0) is 43.2 Å². The van der Waals surface area contributed by atoms with Crippen LogP contribution in [0.1, 0.15) is 17.8 Å². The van der Waals surface area contributed by atoms with Crippen LogP contribution in [0, 0.1) is 6.92 Å². The molecule has 2 aromatic carbocycles. The average Bonchev–Trinajstić information content (AvgIpc) is 2.71. The molecule has 0 saturated heterocycles. The Kier molecular flexibility index (Phi) is 7.21. The predicted octanol–water partition coefficient (Wildman–Crippen LogP) is 4.56. The topological polar surface area (TPSA) is 68.3 Å². The minimum Gasteiger partial charge on any atom is -0.489 e. The van der Waals surface area contributed by atoms with Gasteiger partial charge in [-0.25, -0.2) is 9.97 Å². The first-order valence-corrected chi connectivity index (χ1v) is 9.35. The molecule has 0 unspecified atom stereocenters. The fourth-order valence-electron chi connectivity index (χ4n) is 2.68. The number of anilines is 3. The average molecular weight is 378 g/mol. The largest absolute Gasteiger partial charge is 0.489 e. The van der Waals surface area contributed by atoms with E-state index in [0.717, 1.165) is 48.2 Å². The number of ether oxygens (including phenoxy) is 2. The molecule has 2 N–H and O–H groups in total. The maximum atomic E-state index is 5.83. The van der Waals surface area contributed by atoms with Crippen LogP contribution in [0.15, 0.2) is 60.7 Å². The molecule has 0 atom stereocenters. The second kappa shape index (κ2) is 10.3. The Morgan fingerprint density at radius 3 is 2.43 bits per heavy atom. The minimum absolute atomic E-state index is 0.552. The summed E-state index contributed by atoms with van der Waals surface area (Å²) in [6, 6.07) is 19.9. The van der Waals surface area contributed by atoms with Crippen molar-refractivity contribution in [2.45, 2.75) is 20.0 Å². The molecule has 146 valence electrons. The van der Waals surface area contributed by atoms with Gasteiger partial charge in [0.05, 0.1) is 0 Å². The van der Waals surface area contributed by atoms with Gasteiger partial charge < -0.3 is 20.1 Å². The Morgan fingerprint density at radius 2 is 1.68 bits per heavy atom. The molecule has 0 aliphatic rings. The first-order chi connectivity index (χ1) is 13.7. The van der Waals surface area contributed by atoms with Gasteiger partial charge in [-0.2, -0.15) is 0 Å². The Labute approximate surface area is 166 Å². The number of methoxy groups -OCH3 is 1. The predicted molar refractivity (Wildman–Crippen MR) is 112 cm³/mol. The molecular formula is C22H26N4O2. The zero-order valence-corrected chi connectivity index (χ0v) is 16.3. The van der Waals surface area contributed by atoms with E-state index in [1.165, 1.54) is 0 Å². The smallest absolute Gasteiger partial charge is 0.136 e. The number of aryl methyl sites for hydroxylation is 1. The van der Waals surface area contributed by atoms with Gasteiger partial charge in [0.15, 0.2) is 0 Å². The summed E-state index contributed by atoms with van der Waals surface area (Å²) in [5, 5.41) is 6.61. The van der Waals surface area contributed by atoms with Crippen molar-refractivity contribution in [2.24, 2.45) is 0 Å². The van der Waals surface area contributed by atoms with Gasteiger partial charge in [-0.1, -0.05) is 30.3 Å². The number of nitrogens with one attached hydrogen (secondary N) is 2. The fourth-order valence-corrected chi connectivity index (χ4v) is 2.68. The second-order valence-electron chi connectivity index (χ2n) is 6.38. The summed E-state index contributed by atoms with van der Waals surface area (Å²) >= 11 is 0. The van der Waals surface area contributed by atoms with E-state index in [4.69, 9.17) is 9.47 Å². The van der Waals surface area contributed by atoms with Crippen molar-refractivity contribution in [1.29, 1.82) is 0 Å². The van der Waals surface area contributed by atoms with Crippen LogP contribution in [0.3, 0.4) is 0 Å². The van der Waals surface area contributed by atoms with Gasteiger partial charge in [0.1, 0.15) is 29.8 Å². The first-order valence-electron chi connectivity index (χ1n) is 9.35. The van der Waals surface area contributed by atoms with Crippen LogP contribution in [0.4, 0.5) is 17.3 Å². The van der Waals surface area contributed by atoms with E-state index < -0.39 is 0 Å². The van der Waals surface area contributed by atoms with Gasteiger partial charge >= 0.3 is 0 Å². The van der Waals surface area contributed by atoms with E-state index in [0.29, 0.717) is 12.4 Å².